The van der Waals surface area contributed by atoms with E-state index in [1.54, 1.807) is 0 Å². The highest BCUT2D eigenvalue weighted by molar-refractivity contribution is 7.22. The predicted octanol–water partition coefficient (Wildman–Crippen LogP) is 3.76. The van der Waals surface area contributed by atoms with Crippen LogP contribution in [0.4, 0.5) is 0 Å². The van der Waals surface area contributed by atoms with Crippen LogP contribution in [0.5, 0.6) is 0 Å². The minimum atomic E-state index is 0.583. The Morgan fingerprint density at radius 1 is 1.15 bits per heavy atom. The van der Waals surface area contributed by atoms with Gasteiger partial charge in [-0.1, -0.05) is 18.2 Å². The summed E-state index contributed by atoms with van der Waals surface area (Å²) in [5, 5.41) is 4.71. The smallest absolute Gasteiger partial charge is 0.109 e. The zero-order valence-corrected chi connectivity index (χ0v) is 12.0. The summed E-state index contributed by atoms with van der Waals surface area (Å²) in [6.07, 6.45) is 4.35. The number of thiophene rings is 1. The third kappa shape index (κ3) is 2.15. The number of fused-ring (bicyclic) bond motifs is 1. The van der Waals surface area contributed by atoms with Crippen LogP contribution in [-0.2, 0) is 0 Å². The van der Waals surface area contributed by atoms with Crippen molar-refractivity contribution in [1.82, 2.24) is 15.3 Å². The van der Waals surface area contributed by atoms with Gasteiger partial charge in [-0.25, -0.2) is 4.98 Å². The molecule has 20 heavy (non-hydrogen) atoms. The van der Waals surface area contributed by atoms with Crippen LogP contribution in [0.25, 0.3) is 20.7 Å². The van der Waals surface area contributed by atoms with Crippen molar-refractivity contribution in [3.05, 3.63) is 42.4 Å². The summed E-state index contributed by atoms with van der Waals surface area (Å²) < 4.78 is 1.33. The van der Waals surface area contributed by atoms with Gasteiger partial charge >= 0.3 is 0 Å². The van der Waals surface area contributed by atoms with Crippen molar-refractivity contribution in [2.75, 3.05) is 13.1 Å². The lowest BCUT2D eigenvalue weighted by atomic mass is 9.98. The number of benzene rings is 1. The van der Waals surface area contributed by atoms with Crippen molar-refractivity contribution in [2.24, 2.45) is 0 Å². The molecule has 0 atom stereocenters. The first-order valence-electron chi connectivity index (χ1n) is 7.15. The van der Waals surface area contributed by atoms with Crippen molar-refractivity contribution in [3.8, 4) is 10.6 Å². The highest BCUT2D eigenvalue weighted by atomic mass is 32.1. The van der Waals surface area contributed by atoms with E-state index in [0.29, 0.717) is 5.92 Å². The summed E-state index contributed by atoms with van der Waals surface area (Å²) >= 11 is 1.83. The van der Waals surface area contributed by atoms with Crippen LogP contribution < -0.4 is 5.32 Å². The quantitative estimate of drug-likeness (QED) is 0.752. The second-order valence-corrected chi connectivity index (χ2v) is 6.44. The fourth-order valence-corrected chi connectivity index (χ4v) is 3.91. The molecular formula is C16H17N3S. The number of piperidine rings is 1. The molecule has 1 fully saturated rings. The lowest BCUT2D eigenvalue weighted by Gasteiger charge is -2.20. The van der Waals surface area contributed by atoms with Crippen LogP contribution in [0, 0.1) is 0 Å². The van der Waals surface area contributed by atoms with Crippen LogP contribution in [0.3, 0.4) is 0 Å². The number of rotatable bonds is 2. The van der Waals surface area contributed by atoms with E-state index >= 15 is 0 Å². The molecule has 0 aliphatic carbocycles. The topological polar surface area (TPSA) is 40.7 Å². The third-order valence-corrected chi connectivity index (χ3v) is 5.16. The van der Waals surface area contributed by atoms with E-state index in [0.717, 1.165) is 24.6 Å². The molecule has 0 radical (unpaired) electrons. The first-order chi connectivity index (χ1) is 9.90. The van der Waals surface area contributed by atoms with Gasteiger partial charge in [-0.05, 0) is 43.5 Å². The Labute approximate surface area is 122 Å². The van der Waals surface area contributed by atoms with Gasteiger partial charge in [0.25, 0.3) is 0 Å². The van der Waals surface area contributed by atoms with Crippen molar-refractivity contribution >= 4 is 21.4 Å². The first-order valence-corrected chi connectivity index (χ1v) is 7.96. The SMILES string of the molecule is c1ccc2sc(-c3cnc(C4CCNCC4)[nH]3)cc2c1. The van der Waals surface area contributed by atoms with E-state index in [1.807, 2.05) is 17.5 Å². The Bertz CT molecular complexity index is 689. The van der Waals surface area contributed by atoms with E-state index in [-0.39, 0.29) is 0 Å². The summed E-state index contributed by atoms with van der Waals surface area (Å²) in [6.45, 7) is 2.20. The lowest BCUT2D eigenvalue weighted by molar-refractivity contribution is 0.447. The zero-order valence-electron chi connectivity index (χ0n) is 11.2. The molecule has 4 heteroatoms. The molecule has 0 bridgehead atoms. The molecule has 3 aromatic rings. The molecule has 0 spiro atoms. The molecule has 0 saturated carbocycles. The van der Waals surface area contributed by atoms with E-state index in [9.17, 15) is 0 Å². The van der Waals surface area contributed by atoms with Gasteiger partial charge < -0.3 is 10.3 Å². The highest BCUT2D eigenvalue weighted by Gasteiger charge is 2.18. The Morgan fingerprint density at radius 3 is 2.85 bits per heavy atom. The molecule has 102 valence electrons. The number of nitrogens with zero attached hydrogens (tertiary/aromatic N) is 1. The van der Waals surface area contributed by atoms with Gasteiger partial charge in [0.15, 0.2) is 0 Å². The minimum absolute atomic E-state index is 0.583. The summed E-state index contributed by atoms with van der Waals surface area (Å²) in [6, 6.07) is 10.8. The number of H-pyrrole nitrogens is 1. The molecule has 3 nitrogen and oxygen atoms in total. The molecule has 0 amide bonds. The molecule has 2 aromatic heterocycles. The van der Waals surface area contributed by atoms with Crippen LogP contribution in [0.1, 0.15) is 24.6 Å². The maximum absolute atomic E-state index is 4.61. The van der Waals surface area contributed by atoms with Gasteiger partial charge in [0.1, 0.15) is 5.82 Å². The second-order valence-electron chi connectivity index (χ2n) is 5.35. The molecule has 1 aliphatic heterocycles. The number of imidazole rings is 1. The monoisotopic (exact) mass is 283 g/mol. The summed E-state index contributed by atoms with van der Waals surface area (Å²) in [5.41, 5.74) is 1.15. The van der Waals surface area contributed by atoms with E-state index < -0.39 is 0 Å². The normalized spacial score (nSPS) is 16.8. The van der Waals surface area contributed by atoms with Gasteiger partial charge in [0.2, 0.25) is 0 Å². The predicted molar refractivity (Wildman–Crippen MR) is 84.3 cm³/mol. The van der Waals surface area contributed by atoms with E-state index in [1.165, 1.54) is 27.8 Å². The Kier molecular flexibility index (Phi) is 3.05. The lowest BCUT2D eigenvalue weighted by Crippen LogP contribution is -2.27. The second kappa shape index (κ2) is 5.04. The van der Waals surface area contributed by atoms with Crippen molar-refractivity contribution in [1.29, 1.82) is 0 Å². The maximum Gasteiger partial charge on any atom is 0.109 e. The molecule has 4 rings (SSSR count). The maximum atomic E-state index is 4.61. The van der Waals surface area contributed by atoms with E-state index in [4.69, 9.17) is 0 Å². The number of hydrogen-bond donors (Lipinski definition) is 2. The van der Waals surface area contributed by atoms with Crippen LogP contribution >= 0.6 is 11.3 Å². The molecule has 3 heterocycles. The first kappa shape index (κ1) is 12.1. The average Bonchev–Trinajstić information content (AvgIpc) is 3.14. The van der Waals surface area contributed by atoms with Crippen molar-refractivity contribution in [2.45, 2.75) is 18.8 Å². The number of hydrogen-bond acceptors (Lipinski definition) is 3. The van der Waals surface area contributed by atoms with Crippen molar-refractivity contribution in [3.63, 3.8) is 0 Å². The molecular weight excluding hydrogens is 266 g/mol. The van der Waals surface area contributed by atoms with Gasteiger partial charge in [0, 0.05) is 10.6 Å². The average molecular weight is 283 g/mol. The summed E-state index contributed by atoms with van der Waals surface area (Å²) in [5.74, 6) is 1.73. The Morgan fingerprint density at radius 2 is 2.00 bits per heavy atom. The third-order valence-electron chi connectivity index (χ3n) is 4.01. The minimum Gasteiger partial charge on any atom is -0.341 e. The molecule has 1 saturated heterocycles. The fourth-order valence-electron chi connectivity index (χ4n) is 2.88. The van der Waals surface area contributed by atoms with Gasteiger partial charge in [-0.2, -0.15) is 0 Å². The molecule has 1 aliphatic rings. The number of nitrogens with one attached hydrogen (secondary N) is 2. The summed E-state index contributed by atoms with van der Waals surface area (Å²) in [4.78, 5) is 9.42. The largest absolute Gasteiger partial charge is 0.341 e. The fraction of sp³-hybridized carbons (Fsp3) is 0.312. The van der Waals surface area contributed by atoms with Gasteiger partial charge in [-0.3, -0.25) is 0 Å². The highest BCUT2D eigenvalue weighted by Crippen LogP contribution is 2.33. The van der Waals surface area contributed by atoms with Crippen LogP contribution in [0.2, 0.25) is 0 Å². The number of aromatic nitrogens is 2. The molecule has 2 N–H and O–H groups in total. The zero-order chi connectivity index (χ0) is 13.4. The van der Waals surface area contributed by atoms with Crippen LogP contribution in [0.15, 0.2) is 36.5 Å². The van der Waals surface area contributed by atoms with Crippen LogP contribution in [-0.4, -0.2) is 23.1 Å². The van der Waals surface area contributed by atoms with Gasteiger partial charge in [-0.15, -0.1) is 11.3 Å². The Balaban J connectivity index is 1.66. The molecule has 1 aromatic carbocycles. The Hall–Kier alpha value is -1.65. The standard InChI is InChI=1S/C16H17N3S/c1-2-4-14-12(3-1)9-15(20-14)13-10-18-16(19-13)11-5-7-17-8-6-11/h1-4,9-11,17H,5-8H2,(H,18,19). The van der Waals surface area contributed by atoms with Crippen molar-refractivity contribution < 1.29 is 0 Å². The van der Waals surface area contributed by atoms with E-state index in [2.05, 4.69) is 45.6 Å². The number of aromatic amines is 1. The van der Waals surface area contributed by atoms with Gasteiger partial charge in [0.05, 0.1) is 16.8 Å². The molecule has 0 unspecified atom stereocenters. The summed E-state index contributed by atoms with van der Waals surface area (Å²) in [7, 11) is 0.